The quantitative estimate of drug-likeness (QED) is 0.465. The predicted molar refractivity (Wildman–Crippen MR) is 72.2 cm³/mol. The fraction of sp³-hybridized carbons (Fsp3) is 0.417. The molecule has 0 fully saturated rings. The van der Waals surface area contributed by atoms with Gasteiger partial charge in [-0.25, -0.2) is 4.79 Å². The van der Waals surface area contributed by atoms with Gasteiger partial charge in [0, 0.05) is 6.61 Å². The molecule has 0 saturated heterocycles. The monoisotopic (exact) mass is 350 g/mol. The molecule has 1 aromatic carbocycles. The average Bonchev–Trinajstić information content (AvgIpc) is 2.31. The Bertz CT molecular complexity index is 392. The topological polar surface area (TPSA) is 44.8 Å². The molecule has 0 aliphatic heterocycles. The molecule has 1 unspecified atom stereocenters. The molecule has 0 heterocycles. The first-order chi connectivity index (χ1) is 8.08. The van der Waals surface area contributed by atoms with Crippen LogP contribution < -0.4 is 4.74 Å². The highest BCUT2D eigenvalue weighted by Gasteiger charge is 2.11. The van der Waals surface area contributed by atoms with Crippen LogP contribution in [-0.2, 0) is 9.47 Å². The lowest BCUT2D eigenvalue weighted by molar-refractivity contribution is -0.0617. The van der Waals surface area contributed by atoms with E-state index in [1.165, 1.54) is 7.11 Å². The molecule has 0 N–H and O–H groups in total. The number of carbonyl (C=O) groups excluding carboxylic acids is 1. The average molecular weight is 350 g/mol. The molecule has 0 bridgehead atoms. The van der Waals surface area contributed by atoms with Gasteiger partial charge in [0.1, 0.15) is 5.75 Å². The summed E-state index contributed by atoms with van der Waals surface area (Å²) in [5, 5.41) is 0. The van der Waals surface area contributed by atoms with E-state index in [9.17, 15) is 4.79 Å². The first-order valence-electron chi connectivity index (χ1n) is 5.24. The van der Waals surface area contributed by atoms with Crippen molar-refractivity contribution >= 4 is 28.6 Å². The van der Waals surface area contributed by atoms with Gasteiger partial charge >= 0.3 is 5.97 Å². The molecule has 0 saturated carbocycles. The third kappa shape index (κ3) is 4.16. The molecule has 0 radical (unpaired) electrons. The SMILES string of the molecule is CCOC(C)Oc1ccc(C(=O)OC)cc1I. The van der Waals surface area contributed by atoms with Crippen molar-refractivity contribution in [2.45, 2.75) is 20.1 Å². The Labute approximate surface area is 114 Å². The second-order valence-corrected chi connectivity index (χ2v) is 4.44. The van der Waals surface area contributed by atoms with E-state index in [2.05, 4.69) is 27.3 Å². The normalized spacial score (nSPS) is 12.0. The van der Waals surface area contributed by atoms with E-state index in [4.69, 9.17) is 9.47 Å². The van der Waals surface area contributed by atoms with Crippen molar-refractivity contribution in [3.8, 4) is 5.75 Å². The molecule has 0 amide bonds. The standard InChI is InChI=1S/C12H15IO4/c1-4-16-8(2)17-11-6-5-9(7-10(11)13)12(14)15-3/h5-8H,4H2,1-3H3. The Kier molecular flexibility index (Phi) is 5.70. The van der Waals surface area contributed by atoms with Gasteiger partial charge in [0.15, 0.2) is 6.29 Å². The van der Waals surface area contributed by atoms with Crippen LogP contribution in [0.25, 0.3) is 0 Å². The lowest BCUT2D eigenvalue weighted by Crippen LogP contribution is -2.16. The van der Waals surface area contributed by atoms with Gasteiger partial charge in [0.2, 0.25) is 0 Å². The number of carbonyl (C=O) groups is 1. The smallest absolute Gasteiger partial charge is 0.337 e. The second-order valence-electron chi connectivity index (χ2n) is 3.28. The number of hydrogen-bond donors (Lipinski definition) is 0. The van der Waals surface area contributed by atoms with Crippen LogP contribution in [0, 0.1) is 3.57 Å². The van der Waals surface area contributed by atoms with Gasteiger partial charge < -0.3 is 14.2 Å². The molecule has 0 aliphatic rings. The van der Waals surface area contributed by atoms with E-state index >= 15 is 0 Å². The summed E-state index contributed by atoms with van der Waals surface area (Å²) >= 11 is 2.11. The van der Waals surface area contributed by atoms with Crippen molar-refractivity contribution in [3.63, 3.8) is 0 Å². The summed E-state index contributed by atoms with van der Waals surface area (Å²) in [6.45, 7) is 4.33. The fourth-order valence-electron chi connectivity index (χ4n) is 1.29. The maximum Gasteiger partial charge on any atom is 0.337 e. The second kappa shape index (κ2) is 6.80. The molecular formula is C12H15IO4. The Hall–Kier alpha value is -0.820. The highest BCUT2D eigenvalue weighted by atomic mass is 127. The van der Waals surface area contributed by atoms with E-state index in [1.54, 1.807) is 18.2 Å². The van der Waals surface area contributed by atoms with Gasteiger partial charge in [-0.2, -0.15) is 0 Å². The fourth-order valence-corrected chi connectivity index (χ4v) is 1.93. The number of ether oxygens (including phenoxy) is 3. The zero-order valence-corrected chi connectivity index (χ0v) is 12.2. The van der Waals surface area contributed by atoms with Crippen LogP contribution in [0.15, 0.2) is 18.2 Å². The predicted octanol–water partition coefficient (Wildman–Crippen LogP) is 2.84. The summed E-state index contributed by atoms with van der Waals surface area (Å²) in [5.41, 5.74) is 0.508. The molecule has 0 aromatic heterocycles. The Morgan fingerprint density at radius 3 is 2.71 bits per heavy atom. The third-order valence-corrected chi connectivity index (χ3v) is 2.89. The Morgan fingerprint density at radius 2 is 2.18 bits per heavy atom. The lowest BCUT2D eigenvalue weighted by atomic mass is 10.2. The summed E-state index contributed by atoms with van der Waals surface area (Å²) in [6, 6.07) is 5.13. The number of esters is 1. The van der Waals surface area contributed by atoms with Crippen molar-refractivity contribution in [3.05, 3.63) is 27.3 Å². The van der Waals surface area contributed by atoms with Crippen LogP contribution >= 0.6 is 22.6 Å². The molecule has 5 heteroatoms. The minimum absolute atomic E-state index is 0.308. The first kappa shape index (κ1) is 14.2. The van der Waals surface area contributed by atoms with Crippen LogP contribution in [-0.4, -0.2) is 26.0 Å². The van der Waals surface area contributed by atoms with Gasteiger partial charge in [0.25, 0.3) is 0 Å². The van der Waals surface area contributed by atoms with Gasteiger partial charge in [-0.3, -0.25) is 0 Å². The molecule has 0 spiro atoms. The zero-order valence-electron chi connectivity index (χ0n) is 10.0. The van der Waals surface area contributed by atoms with Crippen LogP contribution in [0.2, 0.25) is 0 Å². The summed E-state index contributed by atoms with van der Waals surface area (Å²) in [5.74, 6) is 0.339. The molecule has 1 aromatic rings. The summed E-state index contributed by atoms with van der Waals surface area (Å²) in [4.78, 5) is 11.3. The highest BCUT2D eigenvalue weighted by molar-refractivity contribution is 14.1. The zero-order chi connectivity index (χ0) is 12.8. The molecule has 17 heavy (non-hydrogen) atoms. The maximum absolute atomic E-state index is 11.3. The van der Waals surface area contributed by atoms with Crippen molar-refractivity contribution in [2.24, 2.45) is 0 Å². The third-order valence-electron chi connectivity index (χ3n) is 2.05. The molecular weight excluding hydrogens is 335 g/mol. The van der Waals surface area contributed by atoms with Gasteiger partial charge in [0.05, 0.1) is 16.2 Å². The Balaban J connectivity index is 2.79. The molecule has 1 rings (SSSR count). The van der Waals surface area contributed by atoms with Crippen molar-refractivity contribution in [1.82, 2.24) is 0 Å². The highest BCUT2D eigenvalue weighted by Crippen LogP contribution is 2.23. The molecule has 1 atom stereocenters. The largest absolute Gasteiger partial charge is 0.465 e. The van der Waals surface area contributed by atoms with Gasteiger partial charge in [-0.05, 0) is 54.6 Å². The molecule has 94 valence electrons. The van der Waals surface area contributed by atoms with E-state index in [0.717, 1.165) is 3.57 Å². The van der Waals surface area contributed by atoms with Crippen LogP contribution in [0.5, 0.6) is 5.75 Å². The van der Waals surface area contributed by atoms with Crippen LogP contribution in [0.4, 0.5) is 0 Å². The van der Waals surface area contributed by atoms with Gasteiger partial charge in [-0.1, -0.05) is 0 Å². The number of rotatable bonds is 5. The first-order valence-corrected chi connectivity index (χ1v) is 6.32. The van der Waals surface area contributed by atoms with E-state index in [1.807, 2.05) is 13.8 Å². The maximum atomic E-state index is 11.3. The molecule has 0 aliphatic carbocycles. The van der Waals surface area contributed by atoms with Crippen molar-refractivity contribution in [1.29, 1.82) is 0 Å². The minimum Gasteiger partial charge on any atom is -0.465 e. The van der Waals surface area contributed by atoms with Crippen molar-refractivity contribution < 1.29 is 19.0 Å². The summed E-state index contributed by atoms with van der Waals surface area (Å²) < 4.78 is 16.3. The number of halogens is 1. The summed E-state index contributed by atoms with van der Waals surface area (Å²) in [7, 11) is 1.36. The Morgan fingerprint density at radius 1 is 1.47 bits per heavy atom. The van der Waals surface area contributed by atoms with E-state index in [-0.39, 0.29) is 12.3 Å². The minimum atomic E-state index is -0.354. The van der Waals surface area contributed by atoms with E-state index < -0.39 is 0 Å². The number of benzene rings is 1. The van der Waals surface area contributed by atoms with Gasteiger partial charge in [-0.15, -0.1) is 0 Å². The summed E-state index contributed by atoms with van der Waals surface area (Å²) in [6.07, 6.45) is -0.308. The number of hydrogen-bond acceptors (Lipinski definition) is 4. The van der Waals surface area contributed by atoms with E-state index in [0.29, 0.717) is 17.9 Å². The van der Waals surface area contributed by atoms with Crippen molar-refractivity contribution in [2.75, 3.05) is 13.7 Å². The molecule has 4 nitrogen and oxygen atoms in total. The van der Waals surface area contributed by atoms with Crippen LogP contribution in [0.1, 0.15) is 24.2 Å². The lowest BCUT2D eigenvalue weighted by Gasteiger charge is -2.15. The number of methoxy groups -OCH3 is 1. The van der Waals surface area contributed by atoms with Crippen LogP contribution in [0.3, 0.4) is 0 Å².